The predicted octanol–water partition coefficient (Wildman–Crippen LogP) is -8.70. The molecule has 0 aromatic rings. The molecule has 0 aromatic carbocycles. The molecule has 24 heteroatoms. The molecule has 0 spiro atoms. The molecule has 5 aliphatic rings. The highest BCUT2D eigenvalue weighted by Crippen LogP contribution is 2.37. The summed E-state index contributed by atoms with van der Waals surface area (Å²) in [6.07, 6.45) is -41.1. The van der Waals surface area contributed by atoms with Gasteiger partial charge in [-0.15, -0.1) is 0 Å². The highest BCUT2D eigenvalue weighted by Gasteiger charge is 2.57. The van der Waals surface area contributed by atoms with Crippen LogP contribution >= 0.6 is 0 Å². The number of hydrogen-bond donors (Lipinski definition) is 14. The second-order valence-corrected chi connectivity index (χ2v) is 14.6. The number of carbonyl (C=O) groups is 1. The van der Waals surface area contributed by atoms with Crippen LogP contribution in [0.2, 0.25) is 0 Å². The minimum absolute atomic E-state index is 0.737. The van der Waals surface area contributed by atoms with Gasteiger partial charge in [-0.3, -0.25) is 4.79 Å². The van der Waals surface area contributed by atoms with E-state index in [1.807, 2.05) is 0 Å². The number of nitrogens with one attached hydrogen (secondary N) is 1. The lowest BCUT2D eigenvalue weighted by Gasteiger charge is -2.51. The zero-order chi connectivity index (χ0) is 41.5. The number of amides is 1. The Balaban J connectivity index is 1.53. The Labute approximate surface area is 319 Å². The lowest BCUT2D eigenvalue weighted by Crippen LogP contribution is -2.69. The first kappa shape index (κ1) is 45.7. The van der Waals surface area contributed by atoms with E-state index in [9.17, 15) is 71.2 Å². The number of aliphatic hydroxyl groups excluding tert-OH is 13. The van der Waals surface area contributed by atoms with E-state index in [2.05, 4.69) is 5.32 Å². The molecule has 25 atom stereocenters. The lowest BCUT2D eigenvalue weighted by molar-refractivity contribution is -0.408. The molecule has 14 N–H and O–H groups in total. The van der Waals surface area contributed by atoms with Gasteiger partial charge in [-0.05, 0) is 20.8 Å². The van der Waals surface area contributed by atoms with Gasteiger partial charge in [0, 0.05) is 6.92 Å². The highest BCUT2D eigenvalue weighted by molar-refractivity contribution is 5.73. The van der Waals surface area contributed by atoms with Gasteiger partial charge >= 0.3 is 0 Å². The average molecular weight is 822 g/mol. The first-order valence-corrected chi connectivity index (χ1v) is 18.2. The second-order valence-electron chi connectivity index (χ2n) is 14.6. The Morgan fingerprint density at radius 2 is 0.929 bits per heavy atom. The van der Waals surface area contributed by atoms with Crippen LogP contribution in [-0.4, -0.2) is 239 Å². The number of rotatable bonds is 11. The Morgan fingerprint density at radius 1 is 0.464 bits per heavy atom. The Hall–Kier alpha value is -1.41. The van der Waals surface area contributed by atoms with Gasteiger partial charge in [0.15, 0.2) is 31.5 Å². The molecule has 5 saturated heterocycles. The molecule has 5 aliphatic heterocycles. The number of aliphatic hydroxyl groups is 13. The average Bonchev–Trinajstić information content (AvgIpc) is 3.15. The van der Waals surface area contributed by atoms with Gasteiger partial charge in [0.1, 0.15) is 104 Å². The summed E-state index contributed by atoms with van der Waals surface area (Å²) in [4.78, 5) is 12.2. The van der Waals surface area contributed by atoms with E-state index in [1.165, 1.54) is 20.8 Å². The van der Waals surface area contributed by atoms with Crippen molar-refractivity contribution in [1.82, 2.24) is 5.32 Å². The zero-order valence-corrected chi connectivity index (χ0v) is 30.7. The summed E-state index contributed by atoms with van der Waals surface area (Å²) in [6, 6.07) is -1.59. The molecule has 56 heavy (non-hydrogen) atoms. The summed E-state index contributed by atoms with van der Waals surface area (Å²) >= 11 is 0. The van der Waals surface area contributed by atoms with Gasteiger partial charge < -0.3 is 114 Å². The monoisotopic (exact) mass is 821 g/mol. The maximum Gasteiger partial charge on any atom is 0.217 e. The molecule has 0 aliphatic carbocycles. The van der Waals surface area contributed by atoms with Gasteiger partial charge in [0.25, 0.3) is 0 Å². The molecule has 10 unspecified atom stereocenters. The van der Waals surface area contributed by atoms with Crippen molar-refractivity contribution in [3.8, 4) is 0 Å². The summed E-state index contributed by atoms with van der Waals surface area (Å²) in [5.41, 5.74) is 0. The zero-order valence-electron chi connectivity index (χ0n) is 30.7. The predicted molar refractivity (Wildman–Crippen MR) is 174 cm³/mol. The van der Waals surface area contributed by atoms with E-state index in [-0.39, 0.29) is 0 Å². The topological polar surface area (TPSA) is 375 Å². The summed E-state index contributed by atoms with van der Waals surface area (Å²) < 4.78 is 52.2. The van der Waals surface area contributed by atoms with Crippen LogP contribution in [0.1, 0.15) is 27.7 Å². The summed E-state index contributed by atoms with van der Waals surface area (Å²) in [7, 11) is 0. The number of ether oxygens (including phenoxy) is 9. The van der Waals surface area contributed by atoms with E-state index >= 15 is 0 Å². The quantitative estimate of drug-likeness (QED) is 0.0920. The van der Waals surface area contributed by atoms with Crippen molar-refractivity contribution < 1.29 is 114 Å². The smallest absolute Gasteiger partial charge is 0.217 e. The van der Waals surface area contributed by atoms with Gasteiger partial charge in [-0.1, -0.05) is 0 Å². The molecule has 24 nitrogen and oxygen atoms in total. The Bertz CT molecular complexity index is 1260. The van der Waals surface area contributed by atoms with Crippen LogP contribution in [0.4, 0.5) is 0 Å². The summed E-state index contributed by atoms with van der Waals surface area (Å²) in [6.45, 7) is 3.43. The van der Waals surface area contributed by atoms with E-state index in [0.29, 0.717) is 0 Å². The fourth-order valence-electron chi connectivity index (χ4n) is 7.21. The molecule has 0 aromatic heterocycles. The van der Waals surface area contributed by atoms with Crippen LogP contribution < -0.4 is 5.32 Å². The Kier molecular flexibility index (Phi) is 15.4. The molecule has 5 heterocycles. The van der Waals surface area contributed by atoms with Crippen LogP contribution in [0.3, 0.4) is 0 Å². The van der Waals surface area contributed by atoms with Crippen LogP contribution in [0.25, 0.3) is 0 Å². The molecular formula is C32H55NO23. The maximum absolute atomic E-state index is 12.2. The third-order valence-electron chi connectivity index (χ3n) is 10.6. The molecule has 5 rings (SSSR count). The van der Waals surface area contributed by atoms with Crippen LogP contribution in [0.5, 0.6) is 0 Å². The first-order chi connectivity index (χ1) is 26.3. The third-order valence-corrected chi connectivity index (χ3v) is 10.6. The summed E-state index contributed by atoms with van der Waals surface area (Å²) in [5, 5.41) is 141. The van der Waals surface area contributed by atoms with Crippen molar-refractivity contribution in [2.45, 2.75) is 181 Å². The molecule has 326 valence electrons. The van der Waals surface area contributed by atoms with Crippen molar-refractivity contribution >= 4 is 5.91 Å². The van der Waals surface area contributed by atoms with Gasteiger partial charge in [0.2, 0.25) is 5.91 Å². The fraction of sp³-hybridized carbons (Fsp3) is 0.969. The number of carbonyl (C=O) groups excluding carboxylic acids is 1. The molecule has 1 amide bonds. The van der Waals surface area contributed by atoms with Gasteiger partial charge in [-0.2, -0.15) is 0 Å². The van der Waals surface area contributed by atoms with Gasteiger partial charge in [0.05, 0.1) is 31.5 Å². The Morgan fingerprint density at radius 3 is 1.52 bits per heavy atom. The minimum Gasteiger partial charge on any atom is -0.394 e. The first-order valence-electron chi connectivity index (χ1n) is 18.2. The lowest BCUT2D eigenvalue weighted by atomic mass is 9.95. The normalized spacial score (nSPS) is 53.1. The number of hydrogen-bond acceptors (Lipinski definition) is 23. The van der Waals surface area contributed by atoms with Crippen molar-refractivity contribution in [1.29, 1.82) is 0 Å². The van der Waals surface area contributed by atoms with E-state index in [0.717, 1.165) is 6.92 Å². The maximum atomic E-state index is 12.2. The minimum atomic E-state index is -2.01. The van der Waals surface area contributed by atoms with Crippen LogP contribution in [-0.2, 0) is 47.4 Å². The van der Waals surface area contributed by atoms with E-state index < -0.39 is 173 Å². The molecule has 0 bridgehead atoms. The SMILES string of the molecule is CC(=O)NC1[C@H](OC2[C@H](OC3[C@H](O[C@H]4C(O)[C@H](O)OC(C)[C@@H]4O)OC(C)[C@H](O)[C@H]3O)OC(C)[C@H](O)[C@H]2O[C@H]2O[C@H](CO)[C@@H](O)C(O)C2O)OC(CO)[C@H](O)[C@@H]1O. The fourth-order valence-corrected chi connectivity index (χ4v) is 7.21. The van der Waals surface area contributed by atoms with Crippen LogP contribution in [0, 0.1) is 0 Å². The largest absolute Gasteiger partial charge is 0.394 e. The second kappa shape index (κ2) is 18.9. The van der Waals surface area contributed by atoms with Crippen molar-refractivity contribution in [2.24, 2.45) is 0 Å². The molecule has 0 saturated carbocycles. The van der Waals surface area contributed by atoms with E-state index in [4.69, 9.17) is 42.6 Å². The standard InChI is InChI=1S/C32H55NO23/c1-7-14(37)21(44)26(31(49-7)53-24-15(38)8(2)48-28(47)23(24)46)55-32-27(56-29-13(33-10(4)36)19(42)17(40)11(5-34)51-29)25(16(39)9(3)50-32)54-30-22(45)20(43)18(41)12(6-35)52-30/h7-9,11-32,34-35,37-47H,5-6H2,1-4H3,(H,33,36)/t7?,8?,9?,11?,12-,13?,14+,15+,16+,17+,18-,19-,20?,21-,22?,23?,24-,25-,26?,27?,28-,29+,30-,31+,32+/m1/s1. The van der Waals surface area contributed by atoms with Gasteiger partial charge in [-0.25, -0.2) is 0 Å². The highest BCUT2D eigenvalue weighted by atomic mass is 16.8. The molecular weight excluding hydrogens is 766 g/mol. The van der Waals surface area contributed by atoms with Crippen LogP contribution in [0.15, 0.2) is 0 Å². The molecule has 0 radical (unpaired) electrons. The summed E-state index contributed by atoms with van der Waals surface area (Å²) in [5.74, 6) is -0.737. The van der Waals surface area contributed by atoms with Crippen molar-refractivity contribution in [3.05, 3.63) is 0 Å². The van der Waals surface area contributed by atoms with E-state index in [1.54, 1.807) is 0 Å². The van der Waals surface area contributed by atoms with Crippen molar-refractivity contribution in [2.75, 3.05) is 13.2 Å². The van der Waals surface area contributed by atoms with Crippen molar-refractivity contribution in [3.63, 3.8) is 0 Å². The molecule has 5 fully saturated rings. The third kappa shape index (κ3) is 9.31.